The summed E-state index contributed by atoms with van der Waals surface area (Å²) in [6.45, 7) is 3.23. The minimum atomic E-state index is -0.569. The molecule has 2 rings (SSSR count). The van der Waals surface area contributed by atoms with Crippen LogP contribution in [0.15, 0.2) is 12.1 Å². The zero-order valence-electron chi connectivity index (χ0n) is 11.4. The van der Waals surface area contributed by atoms with Crippen molar-refractivity contribution in [1.29, 1.82) is 0 Å². The zero-order valence-corrected chi connectivity index (χ0v) is 12.9. The van der Waals surface area contributed by atoms with Crippen LogP contribution in [0.5, 0.6) is 0 Å². The largest absolute Gasteiger partial charge is 0.371 e. The Labute approximate surface area is 132 Å². The second-order valence-electron chi connectivity index (χ2n) is 4.94. The smallest absolute Gasteiger partial charge is 0.272 e. The lowest BCUT2D eigenvalue weighted by atomic mass is 10.2. The molecule has 1 amide bonds. The molecule has 1 heterocycles. The molecule has 0 radical (unpaired) electrons. The van der Waals surface area contributed by atoms with Gasteiger partial charge in [0.2, 0.25) is 5.91 Å². The maximum absolute atomic E-state index is 12.2. The van der Waals surface area contributed by atoms with Crippen LogP contribution in [0.3, 0.4) is 0 Å². The van der Waals surface area contributed by atoms with Crippen molar-refractivity contribution in [2.24, 2.45) is 0 Å². The molecule has 1 N–H and O–H groups in total. The molecule has 0 spiro atoms. The van der Waals surface area contributed by atoms with Crippen molar-refractivity contribution < 1.29 is 9.72 Å². The number of halogens is 2. The number of likely N-dealkylation sites (tertiary alicyclic amines) is 1. The summed E-state index contributed by atoms with van der Waals surface area (Å²) in [5.74, 6) is -0.0296. The fourth-order valence-electron chi connectivity index (χ4n) is 2.29. The van der Waals surface area contributed by atoms with E-state index >= 15 is 0 Å². The Balaban J connectivity index is 2.15. The highest BCUT2D eigenvalue weighted by atomic mass is 35.5. The zero-order chi connectivity index (χ0) is 15.6. The van der Waals surface area contributed by atoms with E-state index in [0.29, 0.717) is 5.69 Å². The molecule has 1 unspecified atom stereocenters. The minimum Gasteiger partial charge on any atom is -0.371 e. The maximum atomic E-state index is 12.2. The number of benzene rings is 1. The average Bonchev–Trinajstić information content (AvgIpc) is 2.95. The molecule has 114 valence electrons. The lowest BCUT2D eigenvalue weighted by molar-refractivity contribution is -0.384. The Kier molecular flexibility index (Phi) is 4.90. The molecule has 0 bridgehead atoms. The van der Waals surface area contributed by atoms with E-state index in [4.69, 9.17) is 23.2 Å². The van der Waals surface area contributed by atoms with Gasteiger partial charge in [0.25, 0.3) is 5.69 Å². The topological polar surface area (TPSA) is 75.5 Å². The normalized spacial score (nSPS) is 15.9. The van der Waals surface area contributed by atoms with E-state index in [-0.39, 0.29) is 21.6 Å². The number of hydrogen-bond donors (Lipinski definition) is 1. The van der Waals surface area contributed by atoms with Crippen molar-refractivity contribution in [3.63, 3.8) is 0 Å². The van der Waals surface area contributed by atoms with Crippen LogP contribution < -0.4 is 5.32 Å². The molecule has 1 saturated heterocycles. The first-order valence-electron chi connectivity index (χ1n) is 6.59. The fraction of sp³-hybridized carbons (Fsp3) is 0.462. The second kappa shape index (κ2) is 6.49. The van der Waals surface area contributed by atoms with Crippen LogP contribution in [0.25, 0.3) is 0 Å². The molecule has 1 aromatic carbocycles. The van der Waals surface area contributed by atoms with Crippen molar-refractivity contribution in [2.45, 2.75) is 25.8 Å². The third-order valence-electron chi connectivity index (χ3n) is 3.39. The number of rotatable bonds is 4. The van der Waals surface area contributed by atoms with Crippen molar-refractivity contribution in [3.8, 4) is 0 Å². The van der Waals surface area contributed by atoms with Crippen molar-refractivity contribution in [1.82, 2.24) is 4.90 Å². The summed E-state index contributed by atoms with van der Waals surface area (Å²) >= 11 is 12.0. The van der Waals surface area contributed by atoms with Crippen molar-refractivity contribution >= 4 is 40.5 Å². The fourth-order valence-corrected chi connectivity index (χ4v) is 2.88. The monoisotopic (exact) mass is 331 g/mol. The van der Waals surface area contributed by atoms with Crippen LogP contribution in [-0.4, -0.2) is 34.9 Å². The van der Waals surface area contributed by atoms with E-state index in [1.54, 1.807) is 11.8 Å². The average molecular weight is 332 g/mol. The quantitative estimate of drug-likeness (QED) is 0.678. The van der Waals surface area contributed by atoms with Crippen molar-refractivity contribution in [2.75, 3.05) is 18.4 Å². The first-order valence-corrected chi connectivity index (χ1v) is 7.34. The molecule has 8 heteroatoms. The van der Waals surface area contributed by atoms with Crippen LogP contribution in [0.1, 0.15) is 19.8 Å². The standard InChI is InChI=1S/C13H15Cl2N3O3/c1-8(13(19)17-4-2-3-5-17)16-12-10(14)6-9(18(20)21)7-11(12)15/h6-8,16H,2-5H2,1H3. The third kappa shape index (κ3) is 3.57. The van der Waals surface area contributed by atoms with Gasteiger partial charge in [-0.2, -0.15) is 0 Å². The summed E-state index contributed by atoms with van der Waals surface area (Å²) in [5, 5.41) is 13.9. The predicted molar refractivity (Wildman–Crippen MR) is 82.0 cm³/mol. The van der Waals surface area contributed by atoms with Gasteiger partial charge in [-0.05, 0) is 19.8 Å². The molecule has 1 aliphatic rings. The first kappa shape index (κ1) is 15.9. The molecule has 0 aromatic heterocycles. The molecule has 6 nitrogen and oxygen atoms in total. The van der Waals surface area contributed by atoms with Gasteiger partial charge in [0, 0.05) is 25.2 Å². The number of nitro groups is 1. The Hall–Kier alpha value is -1.53. The minimum absolute atomic E-state index is 0.0296. The van der Waals surface area contributed by atoms with Gasteiger partial charge >= 0.3 is 0 Å². The van der Waals surface area contributed by atoms with E-state index in [2.05, 4.69) is 5.32 Å². The molecule has 1 atom stereocenters. The highest BCUT2D eigenvalue weighted by Gasteiger charge is 2.25. The maximum Gasteiger partial charge on any atom is 0.272 e. The molecule has 1 fully saturated rings. The molecule has 21 heavy (non-hydrogen) atoms. The summed E-state index contributed by atoms with van der Waals surface area (Å²) in [4.78, 5) is 24.2. The Morgan fingerprint density at radius 3 is 2.33 bits per heavy atom. The Bertz CT molecular complexity index is 551. The lowest BCUT2D eigenvalue weighted by Crippen LogP contribution is -2.39. The lowest BCUT2D eigenvalue weighted by Gasteiger charge is -2.22. The third-order valence-corrected chi connectivity index (χ3v) is 3.98. The van der Waals surface area contributed by atoms with Gasteiger partial charge < -0.3 is 10.2 Å². The van der Waals surface area contributed by atoms with Gasteiger partial charge in [-0.1, -0.05) is 23.2 Å². The summed E-state index contributed by atoms with van der Waals surface area (Å²) in [6.07, 6.45) is 2.02. The number of nitrogens with zero attached hydrogens (tertiary/aromatic N) is 2. The Morgan fingerprint density at radius 2 is 1.86 bits per heavy atom. The SMILES string of the molecule is CC(Nc1c(Cl)cc([N+](=O)[O-])cc1Cl)C(=O)N1CCCC1. The van der Waals surface area contributed by atoms with E-state index in [0.717, 1.165) is 25.9 Å². The van der Waals surface area contributed by atoms with Gasteiger partial charge in [-0.15, -0.1) is 0 Å². The molecule has 0 saturated carbocycles. The van der Waals surface area contributed by atoms with Crippen LogP contribution in [0.2, 0.25) is 10.0 Å². The Morgan fingerprint density at radius 1 is 1.33 bits per heavy atom. The highest BCUT2D eigenvalue weighted by Crippen LogP contribution is 2.35. The van der Waals surface area contributed by atoms with E-state index in [9.17, 15) is 14.9 Å². The number of nitro benzene ring substituents is 1. The first-order chi connectivity index (χ1) is 9.90. The number of carbonyl (C=O) groups excluding carboxylic acids is 1. The van der Waals surface area contributed by atoms with Gasteiger partial charge in [-0.25, -0.2) is 0 Å². The molecule has 1 aromatic rings. The molecule has 1 aliphatic heterocycles. The van der Waals surface area contributed by atoms with Crippen LogP contribution in [0, 0.1) is 10.1 Å². The molecular weight excluding hydrogens is 317 g/mol. The van der Waals surface area contributed by atoms with Crippen LogP contribution in [0.4, 0.5) is 11.4 Å². The number of carbonyl (C=O) groups is 1. The number of nitrogens with one attached hydrogen (secondary N) is 1. The van der Waals surface area contributed by atoms with Crippen molar-refractivity contribution in [3.05, 3.63) is 32.3 Å². The van der Waals surface area contributed by atoms with E-state index in [1.807, 2.05) is 0 Å². The van der Waals surface area contributed by atoms with Gasteiger partial charge in [0.05, 0.1) is 20.7 Å². The molecular formula is C13H15Cl2N3O3. The van der Waals surface area contributed by atoms with Gasteiger partial charge in [-0.3, -0.25) is 14.9 Å². The number of anilines is 1. The number of non-ortho nitro benzene ring substituents is 1. The van der Waals surface area contributed by atoms with Gasteiger partial charge in [0.15, 0.2) is 0 Å². The summed E-state index contributed by atoms with van der Waals surface area (Å²) in [6, 6.07) is 1.92. The highest BCUT2D eigenvalue weighted by molar-refractivity contribution is 6.39. The second-order valence-corrected chi connectivity index (χ2v) is 5.75. The summed E-state index contributed by atoms with van der Waals surface area (Å²) < 4.78 is 0. The molecule has 0 aliphatic carbocycles. The number of hydrogen-bond acceptors (Lipinski definition) is 4. The van der Waals surface area contributed by atoms with Gasteiger partial charge in [0.1, 0.15) is 6.04 Å². The van der Waals surface area contributed by atoms with Crippen LogP contribution in [-0.2, 0) is 4.79 Å². The number of amides is 1. The van der Waals surface area contributed by atoms with E-state index in [1.165, 1.54) is 12.1 Å². The van der Waals surface area contributed by atoms with E-state index < -0.39 is 11.0 Å². The summed E-state index contributed by atoms with van der Waals surface area (Å²) in [7, 11) is 0. The summed E-state index contributed by atoms with van der Waals surface area (Å²) in [5.41, 5.74) is 0.151. The van der Waals surface area contributed by atoms with Crippen LogP contribution >= 0.6 is 23.2 Å². The predicted octanol–water partition coefficient (Wildman–Crippen LogP) is 3.32.